The summed E-state index contributed by atoms with van der Waals surface area (Å²) in [7, 11) is 0. The fraction of sp³-hybridized carbons (Fsp3) is 0.292. The van der Waals surface area contributed by atoms with Gasteiger partial charge in [-0.2, -0.15) is 0 Å². The highest BCUT2D eigenvalue weighted by molar-refractivity contribution is 5.95. The van der Waals surface area contributed by atoms with Crippen LogP contribution in [0, 0.1) is 6.92 Å². The molecule has 0 aliphatic heterocycles. The maximum absolute atomic E-state index is 13.2. The molecule has 0 unspecified atom stereocenters. The average molecular weight is 378 g/mol. The molecule has 1 aromatic heterocycles. The highest BCUT2D eigenvalue weighted by Crippen LogP contribution is 2.41. The number of fused-ring (bicyclic) bond motifs is 2. The second-order valence-corrected chi connectivity index (χ2v) is 7.97. The zero-order chi connectivity index (χ0) is 20.7. The summed E-state index contributed by atoms with van der Waals surface area (Å²) < 4.78 is 18.6. The SMILES string of the molecule is C=CC(C)(C)Oc1cc(C)c2c(=O)c3ccccc3oc2c1OC(C)(C)C=C. The van der Waals surface area contributed by atoms with E-state index in [9.17, 15) is 4.79 Å². The van der Waals surface area contributed by atoms with Crippen molar-refractivity contribution in [2.24, 2.45) is 0 Å². The molecular weight excluding hydrogens is 352 g/mol. The Morgan fingerprint density at radius 3 is 2.25 bits per heavy atom. The minimum atomic E-state index is -0.692. The Balaban J connectivity index is 2.43. The number of hydrogen-bond donors (Lipinski definition) is 0. The predicted octanol–water partition coefficient (Wildman–Crippen LogP) is 5.94. The van der Waals surface area contributed by atoms with Gasteiger partial charge in [-0.05, 0) is 70.5 Å². The van der Waals surface area contributed by atoms with Crippen molar-refractivity contribution in [3.8, 4) is 11.5 Å². The topological polar surface area (TPSA) is 48.7 Å². The van der Waals surface area contributed by atoms with Crippen molar-refractivity contribution in [3.05, 3.63) is 71.4 Å². The van der Waals surface area contributed by atoms with Crippen molar-refractivity contribution in [1.29, 1.82) is 0 Å². The number of para-hydroxylation sites is 1. The molecule has 0 aliphatic carbocycles. The fourth-order valence-electron chi connectivity index (χ4n) is 2.91. The Morgan fingerprint density at radius 2 is 1.61 bits per heavy atom. The lowest BCUT2D eigenvalue weighted by atomic mass is 10.0. The number of rotatable bonds is 6. The van der Waals surface area contributed by atoms with Gasteiger partial charge in [0.1, 0.15) is 16.8 Å². The van der Waals surface area contributed by atoms with E-state index >= 15 is 0 Å². The summed E-state index contributed by atoms with van der Waals surface area (Å²) in [5.74, 6) is 0.867. The first-order chi connectivity index (χ1) is 13.1. The second kappa shape index (κ2) is 6.86. The summed E-state index contributed by atoms with van der Waals surface area (Å²) in [6.07, 6.45) is 3.41. The molecule has 0 bridgehead atoms. The van der Waals surface area contributed by atoms with Crippen LogP contribution in [0.3, 0.4) is 0 Å². The molecule has 4 nitrogen and oxygen atoms in total. The summed E-state index contributed by atoms with van der Waals surface area (Å²) in [6, 6.07) is 9.00. The average Bonchev–Trinajstić information content (AvgIpc) is 2.64. The van der Waals surface area contributed by atoms with E-state index in [4.69, 9.17) is 13.9 Å². The van der Waals surface area contributed by atoms with Crippen LogP contribution in [-0.2, 0) is 0 Å². The molecule has 0 saturated heterocycles. The van der Waals surface area contributed by atoms with Crippen molar-refractivity contribution in [1.82, 2.24) is 0 Å². The quantitative estimate of drug-likeness (QED) is 0.393. The van der Waals surface area contributed by atoms with Gasteiger partial charge in [-0.15, -0.1) is 0 Å². The summed E-state index contributed by atoms with van der Waals surface area (Å²) in [4.78, 5) is 13.2. The van der Waals surface area contributed by atoms with E-state index in [0.717, 1.165) is 5.56 Å². The van der Waals surface area contributed by atoms with Crippen LogP contribution >= 0.6 is 0 Å². The van der Waals surface area contributed by atoms with Crippen LogP contribution in [0.4, 0.5) is 0 Å². The maximum atomic E-state index is 13.2. The summed E-state index contributed by atoms with van der Waals surface area (Å²) in [6.45, 7) is 17.1. The van der Waals surface area contributed by atoms with E-state index in [1.54, 1.807) is 24.3 Å². The molecule has 0 saturated carbocycles. The number of ether oxygens (including phenoxy) is 2. The third kappa shape index (κ3) is 3.55. The van der Waals surface area contributed by atoms with E-state index in [-0.39, 0.29) is 5.43 Å². The molecule has 4 heteroatoms. The van der Waals surface area contributed by atoms with Crippen LogP contribution in [-0.4, -0.2) is 11.2 Å². The minimum absolute atomic E-state index is 0.0925. The normalized spacial score (nSPS) is 12.2. The van der Waals surface area contributed by atoms with Gasteiger partial charge >= 0.3 is 0 Å². The monoisotopic (exact) mass is 378 g/mol. The molecule has 1 heterocycles. The van der Waals surface area contributed by atoms with Gasteiger partial charge in [0.2, 0.25) is 11.2 Å². The van der Waals surface area contributed by atoms with E-state index in [1.165, 1.54) is 0 Å². The van der Waals surface area contributed by atoms with Crippen LogP contribution in [0.2, 0.25) is 0 Å². The molecule has 146 valence electrons. The molecule has 0 radical (unpaired) electrons. The molecular formula is C24H26O4. The highest BCUT2D eigenvalue weighted by Gasteiger charge is 2.27. The largest absolute Gasteiger partial charge is 0.480 e. The Hall–Kier alpha value is -3.01. The van der Waals surface area contributed by atoms with Gasteiger partial charge in [0.25, 0.3) is 0 Å². The van der Waals surface area contributed by atoms with Crippen LogP contribution in [0.15, 0.2) is 64.9 Å². The highest BCUT2D eigenvalue weighted by atomic mass is 16.5. The Morgan fingerprint density at radius 1 is 1.00 bits per heavy atom. The van der Waals surface area contributed by atoms with Gasteiger partial charge in [0, 0.05) is 0 Å². The molecule has 0 N–H and O–H groups in total. The minimum Gasteiger partial charge on any atom is -0.480 e. The van der Waals surface area contributed by atoms with Crippen LogP contribution in [0.5, 0.6) is 11.5 Å². The van der Waals surface area contributed by atoms with Gasteiger partial charge in [-0.25, -0.2) is 0 Å². The number of hydrogen-bond acceptors (Lipinski definition) is 4. The van der Waals surface area contributed by atoms with Gasteiger partial charge in [0.15, 0.2) is 11.3 Å². The number of aryl methyl sites for hydroxylation is 1. The summed E-state index contributed by atoms with van der Waals surface area (Å²) in [5.41, 5.74) is 0.212. The van der Waals surface area contributed by atoms with Crippen molar-refractivity contribution < 1.29 is 13.9 Å². The van der Waals surface area contributed by atoms with Crippen molar-refractivity contribution in [2.75, 3.05) is 0 Å². The third-order valence-corrected chi connectivity index (χ3v) is 4.69. The Bertz CT molecular complexity index is 1130. The van der Waals surface area contributed by atoms with E-state index < -0.39 is 11.2 Å². The Kier molecular flexibility index (Phi) is 4.84. The molecule has 0 amide bonds. The van der Waals surface area contributed by atoms with Crippen LogP contribution in [0.1, 0.15) is 33.3 Å². The zero-order valence-electron chi connectivity index (χ0n) is 17.1. The molecule has 3 rings (SSSR count). The third-order valence-electron chi connectivity index (χ3n) is 4.69. The van der Waals surface area contributed by atoms with Crippen molar-refractivity contribution in [2.45, 2.75) is 45.8 Å². The first-order valence-electron chi connectivity index (χ1n) is 9.23. The molecule has 0 atom stereocenters. The second-order valence-electron chi connectivity index (χ2n) is 7.97. The van der Waals surface area contributed by atoms with Crippen LogP contribution < -0.4 is 14.9 Å². The van der Waals surface area contributed by atoms with Crippen molar-refractivity contribution in [3.63, 3.8) is 0 Å². The lowest BCUT2D eigenvalue weighted by Crippen LogP contribution is -2.28. The molecule has 3 aromatic rings. The van der Waals surface area contributed by atoms with Gasteiger partial charge < -0.3 is 13.9 Å². The molecule has 0 aliphatic rings. The molecule has 28 heavy (non-hydrogen) atoms. The number of benzene rings is 2. The maximum Gasteiger partial charge on any atom is 0.205 e. The fourth-order valence-corrected chi connectivity index (χ4v) is 2.91. The first-order valence-corrected chi connectivity index (χ1v) is 9.23. The lowest BCUT2D eigenvalue weighted by molar-refractivity contribution is 0.125. The van der Waals surface area contributed by atoms with E-state index in [0.29, 0.717) is 33.4 Å². The van der Waals surface area contributed by atoms with Gasteiger partial charge in [-0.3, -0.25) is 4.79 Å². The lowest BCUT2D eigenvalue weighted by Gasteiger charge is -2.28. The standard InChI is InChI=1S/C24H26O4/c1-8-23(4,5)27-18-14-15(3)19-20(25)16-12-10-11-13-17(16)26-22(19)21(18)28-24(6,7)9-2/h8-14H,1-2H2,3-7H3. The summed E-state index contributed by atoms with van der Waals surface area (Å²) >= 11 is 0. The first kappa shape index (κ1) is 19.7. The van der Waals surface area contributed by atoms with Crippen molar-refractivity contribution >= 4 is 21.9 Å². The van der Waals surface area contributed by atoms with Gasteiger partial charge in [-0.1, -0.05) is 25.3 Å². The van der Waals surface area contributed by atoms with Crippen LogP contribution in [0.25, 0.3) is 21.9 Å². The van der Waals surface area contributed by atoms with E-state index in [1.807, 2.05) is 52.8 Å². The smallest absolute Gasteiger partial charge is 0.205 e. The zero-order valence-corrected chi connectivity index (χ0v) is 17.1. The molecule has 0 fully saturated rings. The molecule has 2 aromatic carbocycles. The summed E-state index contributed by atoms with van der Waals surface area (Å²) in [5, 5.41) is 1.02. The predicted molar refractivity (Wildman–Crippen MR) is 115 cm³/mol. The van der Waals surface area contributed by atoms with E-state index in [2.05, 4.69) is 13.2 Å². The van der Waals surface area contributed by atoms with Gasteiger partial charge in [0.05, 0.1) is 10.8 Å². The molecule has 0 spiro atoms. The Labute approximate surface area is 165 Å².